The molecule has 1 saturated carbocycles. The predicted molar refractivity (Wildman–Crippen MR) is 48.8 cm³/mol. The lowest BCUT2D eigenvalue weighted by molar-refractivity contribution is 0.0354. The lowest BCUT2D eigenvalue weighted by Crippen LogP contribution is -2.23. The average molecular weight is 172 g/mol. The molecule has 11 heavy (non-hydrogen) atoms. The van der Waals surface area contributed by atoms with Crippen molar-refractivity contribution < 1.29 is 4.74 Å². The second kappa shape index (κ2) is 3.36. The molecule has 1 saturated heterocycles. The molecule has 0 radical (unpaired) electrons. The molecule has 1 aliphatic carbocycles. The molecule has 2 fully saturated rings. The molecule has 0 bridgehead atoms. The molecule has 64 valence electrons. The van der Waals surface area contributed by atoms with Gasteiger partial charge < -0.3 is 4.74 Å². The van der Waals surface area contributed by atoms with E-state index >= 15 is 0 Å². The Bertz CT molecular complexity index is 124. The van der Waals surface area contributed by atoms with Crippen LogP contribution in [0.2, 0.25) is 0 Å². The average Bonchev–Trinajstić information content (AvgIpc) is 2.46. The van der Waals surface area contributed by atoms with Gasteiger partial charge in [0.1, 0.15) is 5.44 Å². The molecule has 0 aromatic carbocycles. The van der Waals surface area contributed by atoms with Gasteiger partial charge in [0.2, 0.25) is 0 Å². The molecule has 0 aromatic rings. The normalized spacial score (nSPS) is 43.9. The van der Waals surface area contributed by atoms with Crippen molar-refractivity contribution in [2.45, 2.75) is 55.8 Å². The Hall–Kier alpha value is 0.310. The molecular formula is C9H16OS. The first kappa shape index (κ1) is 7.93. The number of fused-ring (bicyclic) bond motifs is 1. The Morgan fingerprint density at radius 2 is 2.18 bits per heavy atom. The molecule has 3 atom stereocenters. The molecule has 3 unspecified atom stereocenters. The molecule has 1 heterocycles. The minimum atomic E-state index is 0.517. The maximum Gasteiger partial charge on any atom is 0.103 e. The lowest BCUT2D eigenvalue weighted by atomic mass is 9.97. The number of hydrogen-bond donors (Lipinski definition) is 0. The van der Waals surface area contributed by atoms with Gasteiger partial charge in [-0.1, -0.05) is 19.8 Å². The lowest BCUT2D eigenvalue weighted by Gasteiger charge is -2.21. The molecule has 2 rings (SSSR count). The van der Waals surface area contributed by atoms with Crippen molar-refractivity contribution in [3.8, 4) is 0 Å². The van der Waals surface area contributed by atoms with E-state index in [1.165, 1.54) is 32.1 Å². The largest absolute Gasteiger partial charge is 0.363 e. The zero-order chi connectivity index (χ0) is 7.68. The van der Waals surface area contributed by atoms with E-state index in [-0.39, 0.29) is 0 Å². The van der Waals surface area contributed by atoms with Gasteiger partial charge in [-0.3, -0.25) is 0 Å². The molecule has 1 aliphatic heterocycles. The fourth-order valence-electron chi connectivity index (χ4n) is 1.99. The van der Waals surface area contributed by atoms with Gasteiger partial charge in [-0.05, 0) is 19.3 Å². The van der Waals surface area contributed by atoms with Crippen molar-refractivity contribution in [1.29, 1.82) is 0 Å². The van der Waals surface area contributed by atoms with Crippen molar-refractivity contribution >= 4 is 11.8 Å². The first-order valence-corrected chi connectivity index (χ1v) is 5.65. The van der Waals surface area contributed by atoms with E-state index in [0.717, 1.165) is 5.25 Å². The van der Waals surface area contributed by atoms with E-state index in [2.05, 4.69) is 18.7 Å². The van der Waals surface area contributed by atoms with Crippen molar-refractivity contribution in [2.75, 3.05) is 0 Å². The third-order valence-corrected chi connectivity index (χ3v) is 4.27. The second-order valence-corrected chi connectivity index (χ2v) is 4.87. The van der Waals surface area contributed by atoms with Crippen LogP contribution in [0.25, 0.3) is 0 Å². The van der Waals surface area contributed by atoms with Crippen LogP contribution >= 0.6 is 11.8 Å². The van der Waals surface area contributed by atoms with E-state index in [1.54, 1.807) is 0 Å². The van der Waals surface area contributed by atoms with Gasteiger partial charge in [0.25, 0.3) is 0 Å². The Balaban J connectivity index is 1.92. The van der Waals surface area contributed by atoms with Crippen molar-refractivity contribution in [3.05, 3.63) is 0 Å². The summed E-state index contributed by atoms with van der Waals surface area (Å²) < 4.78 is 5.88. The van der Waals surface area contributed by atoms with Crippen LogP contribution in [0, 0.1) is 0 Å². The zero-order valence-electron chi connectivity index (χ0n) is 7.08. The number of rotatable bonds is 1. The third kappa shape index (κ3) is 1.57. The maximum atomic E-state index is 5.88. The highest BCUT2D eigenvalue weighted by Crippen LogP contribution is 2.41. The standard InChI is InChI=1S/C9H16OS/c1-2-9-10-7-5-3-4-6-8(7)11-9/h7-9H,2-6H2,1H3. The molecule has 0 amide bonds. The van der Waals surface area contributed by atoms with Crippen molar-refractivity contribution in [3.63, 3.8) is 0 Å². The van der Waals surface area contributed by atoms with Gasteiger partial charge in [0.05, 0.1) is 6.10 Å². The highest BCUT2D eigenvalue weighted by molar-refractivity contribution is 8.00. The van der Waals surface area contributed by atoms with Crippen LogP contribution in [0.4, 0.5) is 0 Å². The maximum absolute atomic E-state index is 5.88. The van der Waals surface area contributed by atoms with E-state index in [1.807, 2.05) is 0 Å². The smallest absolute Gasteiger partial charge is 0.103 e. The predicted octanol–water partition coefficient (Wildman–Crippen LogP) is 2.80. The molecular weight excluding hydrogens is 156 g/mol. The third-order valence-electron chi connectivity index (χ3n) is 2.63. The van der Waals surface area contributed by atoms with Crippen molar-refractivity contribution in [2.24, 2.45) is 0 Å². The summed E-state index contributed by atoms with van der Waals surface area (Å²) in [4.78, 5) is 0. The highest BCUT2D eigenvalue weighted by atomic mass is 32.2. The monoisotopic (exact) mass is 172 g/mol. The topological polar surface area (TPSA) is 9.23 Å². The Kier molecular flexibility index (Phi) is 2.42. The Morgan fingerprint density at radius 3 is 2.91 bits per heavy atom. The van der Waals surface area contributed by atoms with Crippen LogP contribution in [0.1, 0.15) is 39.0 Å². The second-order valence-electron chi connectivity index (χ2n) is 3.47. The van der Waals surface area contributed by atoms with Crippen LogP contribution in [-0.2, 0) is 4.74 Å². The van der Waals surface area contributed by atoms with E-state index in [4.69, 9.17) is 4.74 Å². The molecule has 0 N–H and O–H groups in total. The highest BCUT2D eigenvalue weighted by Gasteiger charge is 2.36. The summed E-state index contributed by atoms with van der Waals surface area (Å²) >= 11 is 2.07. The van der Waals surface area contributed by atoms with E-state index in [0.29, 0.717) is 11.5 Å². The Morgan fingerprint density at radius 1 is 1.36 bits per heavy atom. The van der Waals surface area contributed by atoms with Gasteiger partial charge in [-0.15, -0.1) is 11.8 Å². The molecule has 0 aromatic heterocycles. The summed E-state index contributed by atoms with van der Waals surface area (Å²) in [6.45, 7) is 2.22. The van der Waals surface area contributed by atoms with Crippen molar-refractivity contribution in [1.82, 2.24) is 0 Å². The van der Waals surface area contributed by atoms with Gasteiger partial charge in [-0.2, -0.15) is 0 Å². The molecule has 2 heteroatoms. The van der Waals surface area contributed by atoms with Crippen LogP contribution in [0.3, 0.4) is 0 Å². The van der Waals surface area contributed by atoms with Gasteiger partial charge in [-0.25, -0.2) is 0 Å². The van der Waals surface area contributed by atoms with Gasteiger partial charge in [0, 0.05) is 5.25 Å². The summed E-state index contributed by atoms with van der Waals surface area (Å²) in [7, 11) is 0. The quantitative estimate of drug-likeness (QED) is 0.601. The zero-order valence-corrected chi connectivity index (χ0v) is 7.90. The van der Waals surface area contributed by atoms with E-state index < -0.39 is 0 Å². The minimum absolute atomic E-state index is 0.517. The fourth-order valence-corrected chi connectivity index (χ4v) is 3.46. The Labute approximate surface area is 72.9 Å². The summed E-state index contributed by atoms with van der Waals surface area (Å²) in [6, 6.07) is 0. The molecule has 0 spiro atoms. The number of thioether (sulfide) groups is 1. The minimum Gasteiger partial charge on any atom is -0.363 e. The summed E-state index contributed by atoms with van der Waals surface area (Å²) in [5, 5.41) is 0.841. The summed E-state index contributed by atoms with van der Waals surface area (Å²) in [5.74, 6) is 0. The van der Waals surface area contributed by atoms with Gasteiger partial charge >= 0.3 is 0 Å². The SMILES string of the molecule is CCC1OC2CCCCC2S1. The van der Waals surface area contributed by atoms with Crippen LogP contribution in [0.5, 0.6) is 0 Å². The molecule has 2 aliphatic rings. The molecule has 1 nitrogen and oxygen atoms in total. The first-order valence-electron chi connectivity index (χ1n) is 4.71. The number of hydrogen-bond acceptors (Lipinski definition) is 2. The van der Waals surface area contributed by atoms with Gasteiger partial charge in [0.15, 0.2) is 0 Å². The summed E-state index contributed by atoms with van der Waals surface area (Å²) in [5.41, 5.74) is 0.517. The number of ether oxygens (including phenoxy) is 1. The van der Waals surface area contributed by atoms with Crippen LogP contribution < -0.4 is 0 Å². The van der Waals surface area contributed by atoms with Crippen LogP contribution in [-0.4, -0.2) is 16.8 Å². The van der Waals surface area contributed by atoms with Crippen LogP contribution in [0.15, 0.2) is 0 Å². The fraction of sp³-hybridized carbons (Fsp3) is 1.00. The first-order chi connectivity index (χ1) is 5.40. The van der Waals surface area contributed by atoms with E-state index in [9.17, 15) is 0 Å². The summed E-state index contributed by atoms with van der Waals surface area (Å²) in [6.07, 6.45) is 7.31.